The zero-order valence-corrected chi connectivity index (χ0v) is 14.4. The van der Waals surface area contributed by atoms with Crippen LogP contribution in [0.3, 0.4) is 0 Å². The van der Waals surface area contributed by atoms with Gasteiger partial charge in [-0.1, -0.05) is 24.3 Å². The summed E-state index contributed by atoms with van der Waals surface area (Å²) in [6, 6.07) is 15.9. The zero-order valence-electron chi connectivity index (χ0n) is 14.4. The summed E-state index contributed by atoms with van der Waals surface area (Å²) in [5.41, 5.74) is 1.85. The topological polar surface area (TPSA) is 51.9 Å². The number of hydrogen-bond acceptors (Lipinski definition) is 5. The van der Waals surface area contributed by atoms with E-state index in [-0.39, 0.29) is 6.10 Å². The summed E-state index contributed by atoms with van der Waals surface area (Å²) in [5, 5.41) is 4.14. The molecule has 3 aromatic rings. The number of likely N-dealkylation sites (tertiary alicyclic amines) is 1. The van der Waals surface area contributed by atoms with Crippen LogP contribution in [0.25, 0.3) is 0 Å². The summed E-state index contributed by atoms with van der Waals surface area (Å²) in [5.74, 6) is 3.33. The van der Waals surface area contributed by atoms with Crippen molar-refractivity contribution in [1.82, 2.24) is 14.7 Å². The first kappa shape index (κ1) is 15.0. The van der Waals surface area contributed by atoms with Gasteiger partial charge in [0.05, 0.1) is 31.0 Å². The normalized spacial score (nSPS) is 15.9. The number of nitrogens with zero attached hydrogens (tertiary/aromatic N) is 4. The number of rotatable bonds is 2. The van der Waals surface area contributed by atoms with Crippen LogP contribution in [0.5, 0.6) is 17.2 Å². The second-order valence-corrected chi connectivity index (χ2v) is 6.50. The van der Waals surface area contributed by atoms with E-state index >= 15 is 0 Å². The van der Waals surface area contributed by atoms with Crippen molar-refractivity contribution in [2.75, 3.05) is 13.1 Å². The van der Waals surface area contributed by atoms with Crippen LogP contribution >= 0.6 is 0 Å². The Morgan fingerprint density at radius 2 is 1.81 bits per heavy atom. The lowest BCUT2D eigenvalue weighted by molar-refractivity contribution is 0.0681. The molecule has 0 aliphatic carbocycles. The highest BCUT2D eigenvalue weighted by Gasteiger charge is 2.34. The Balaban J connectivity index is 1.42. The van der Waals surface area contributed by atoms with E-state index < -0.39 is 0 Å². The Morgan fingerprint density at radius 1 is 1.04 bits per heavy atom. The number of benzene rings is 2. The molecule has 0 bridgehead atoms. The molecule has 0 spiro atoms. The third kappa shape index (κ3) is 2.60. The maximum atomic E-state index is 6.09. The summed E-state index contributed by atoms with van der Waals surface area (Å²) >= 11 is 0. The van der Waals surface area contributed by atoms with Crippen LogP contribution in [0.4, 0.5) is 5.69 Å². The molecule has 0 N–H and O–H groups in total. The molecule has 0 saturated carbocycles. The van der Waals surface area contributed by atoms with Gasteiger partial charge in [-0.05, 0) is 24.3 Å². The lowest BCUT2D eigenvalue weighted by Gasteiger charge is -2.40. The number of aliphatic imine (C=N–C) groups is 1. The van der Waals surface area contributed by atoms with Gasteiger partial charge in [0.2, 0.25) is 0 Å². The molecule has 5 rings (SSSR count). The Labute approximate surface area is 151 Å². The van der Waals surface area contributed by atoms with E-state index in [2.05, 4.69) is 16.1 Å². The van der Waals surface area contributed by atoms with Crippen molar-refractivity contribution in [3.63, 3.8) is 0 Å². The lowest BCUT2D eigenvalue weighted by Crippen LogP contribution is -2.56. The standard InChI is InChI=1S/C20H18N4O2/c1-23-11-14(10-21-23)25-15-12-24(13-15)20-16-6-2-4-8-18(16)26-19-9-5-3-7-17(19)22-20/h2-11,15H,12-13H2,1H3. The molecule has 130 valence electrons. The molecular formula is C20H18N4O2. The van der Waals surface area contributed by atoms with Gasteiger partial charge in [-0.15, -0.1) is 0 Å². The molecule has 6 heteroatoms. The first-order valence-corrected chi connectivity index (χ1v) is 8.61. The number of aryl methyl sites for hydroxylation is 1. The number of fused-ring (bicyclic) bond motifs is 2. The molecule has 26 heavy (non-hydrogen) atoms. The molecule has 0 amide bonds. The highest BCUT2D eigenvalue weighted by Crippen LogP contribution is 2.38. The van der Waals surface area contributed by atoms with Crippen molar-refractivity contribution in [3.05, 3.63) is 66.5 Å². The molecule has 1 fully saturated rings. The highest BCUT2D eigenvalue weighted by atomic mass is 16.5. The third-order valence-corrected chi connectivity index (χ3v) is 4.57. The first-order chi connectivity index (χ1) is 12.8. The predicted octanol–water partition coefficient (Wildman–Crippen LogP) is 3.37. The summed E-state index contributed by atoms with van der Waals surface area (Å²) < 4.78 is 13.8. The predicted molar refractivity (Wildman–Crippen MR) is 98.4 cm³/mol. The van der Waals surface area contributed by atoms with E-state index in [1.54, 1.807) is 10.9 Å². The van der Waals surface area contributed by atoms with Gasteiger partial charge in [-0.25, -0.2) is 4.99 Å². The van der Waals surface area contributed by atoms with Crippen molar-refractivity contribution >= 4 is 11.5 Å². The van der Waals surface area contributed by atoms with Crippen LogP contribution < -0.4 is 9.47 Å². The summed E-state index contributed by atoms with van der Waals surface area (Å²) in [7, 11) is 1.88. The van der Waals surface area contributed by atoms with Gasteiger partial charge in [0.15, 0.2) is 11.5 Å². The molecular weight excluding hydrogens is 328 g/mol. The number of aromatic nitrogens is 2. The summed E-state index contributed by atoms with van der Waals surface area (Å²) in [6.45, 7) is 1.56. The van der Waals surface area contributed by atoms with E-state index in [1.807, 2.05) is 55.7 Å². The third-order valence-electron chi connectivity index (χ3n) is 4.57. The summed E-state index contributed by atoms with van der Waals surface area (Å²) in [6.07, 6.45) is 3.75. The molecule has 2 aliphatic heterocycles. The minimum atomic E-state index is 0.133. The fraction of sp³-hybridized carbons (Fsp3) is 0.200. The second kappa shape index (κ2) is 5.91. The Morgan fingerprint density at radius 3 is 2.62 bits per heavy atom. The number of amidine groups is 1. The first-order valence-electron chi connectivity index (χ1n) is 8.61. The Hall–Kier alpha value is -3.28. The molecule has 3 heterocycles. The molecule has 0 atom stereocenters. The van der Waals surface area contributed by atoms with Crippen molar-refractivity contribution in [2.24, 2.45) is 12.0 Å². The van der Waals surface area contributed by atoms with Crippen LogP contribution in [0.15, 0.2) is 65.9 Å². The van der Waals surface area contributed by atoms with Gasteiger partial charge in [-0.2, -0.15) is 5.10 Å². The van der Waals surface area contributed by atoms with Crippen LogP contribution in [-0.4, -0.2) is 39.7 Å². The van der Waals surface area contributed by atoms with Crippen LogP contribution in [0, 0.1) is 0 Å². The number of ether oxygens (including phenoxy) is 2. The van der Waals surface area contributed by atoms with Gasteiger partial charge < -0.3 is 14.4 Å². The maximum Gasteiger partial charge on any atom is 0.157 e. The fourth-order valence-electron chi connectivity index (χ4n) is 3.25. The smallest absolute Gasteiger partial charge is 0.157 e. The summed E-state index contributed by atoms with van der Waals surface area (Å²) in [4.78, 5) is 7.12. The second-order valence-electron chi connectivity index (χ2n) is 6.50. The van der Waals surface area contributed by atoms with Crippen molar-refractivity contribution in [3.8, 4) is 17.2 Å². The van der Waals surface area contributed by atoms with Crippen LogP contribution in [0.1, 0.15) is 5.56 Å². The van der Waals surface area contributed by atoms with E-state index in [1.165, 1.54) is 0 Å². The van der Waals surface area contributed by atoms with Gasteiger partial charge in [0, 0.05) is 7.05 Å². The average Bonchev–Trinajstić information content (AvgIpc) is 2.95. The minimum absolute atomic E-state index is 0.133. The highest BCUT2D eigenvalue weighted by molar-refractivity contribution is 6.04. The van der Waals surface area contributed by atoms with Crippen molar-refractivity contribution < 1.29 is 9.47 Å². The molecule has 0 unspecified atom stereocenters. The van der Waals surface area contributed by atoms with Gasteiger partial charge >= 0.3 is 0 Å². The molecule has 6 nitrogen and oxygen atoms in total. The molecule has 0 radical (unpaired) electrons. The van der Waals surface area contributed by atoms with Crippen molar-refractivity contribution in [1.29, 1.82) is 0 Å². The zero-order chi connectivity index (χ0) is 17.5. The van der Waals surface area contributed by atoms with Crippen molar-refractivity contribution in [2.45, 2.75) is 6.10 Å². The average molecular weight is 346 g/mol. The lowest BCUT2D eigenvalue weighted by atomic mass is 10.1. The largest absolute Gasteiger partial charge is 0.483 e. The van der Waals surface area contributed by atoms with Crippen LogP contribution in [-0.2, 0) is 7.05 Å². The minimum Gasteiger partial charge on any atom is -0.483 e. The molecule has 1 saturated heterocycles. The van der Waals surface area contributed by atoms with Gasteiger partial charge in [0.1, 0.15) is 23.4 Å². The fourth-order valence-corrected chi connectivity index (χ4v) is 3.25. The monoisotopic (exact) mass is 346 g/mol. The molecule has 1 aromatic heterocycles. The number of para-hydroxylation sites is 3. The SMILES string of the molecule is Cn1cc(OC2CN(C3=Nc4ccccc4Oc4ccccc43)C2)cn1. The van der Waals surface area contributed by atoms with E-state index in [9.17, 15) is 0 Å². The van der Waals surface area contributed by atoms with E-state index in [0.717, 1.165) is 47.4 Å². The molecule has 2 aromatic carbocycles. The van der Waals surface area contributed by atoms with E-state index in [4.69, 9.17) is 14.5 Å². The van der Waals surface area contributed by atoms with E-state index in [0.29, 0.717) is 0 Å². The van der Waals surface area contributed by atoms with Gasteiger partial charge in [-0.3, -0.25) is 4.68 Å². The Kier molecular flexibility index (Phi) is 3.41. The quantitative estimate of drug-likeness (QED) is 0.714. The Bertz CT molecular complexity index is 989. The van der Waals surface area contributed by atoms with Crippen LogP contribution in [0.2, 0.25) is 0 Å². The van der Waals surface area contributed by atoms with Gasteiger partial charge in [0.25, 0.3) is 0 Å². The maximum absolute atomic E-state index is 6.09. The number of hydrogen-bond donors (Lipinski definition) is 0. The molecule has 2 aliphatic rings.